The van der Waals surface area contributed by atoms with E-state index in [1.54, 1.807) is 24.3 Å². The van der Waals surface area contributed by atoms with Crippen molar-refractivity contribution < 1.29 is 8.78 Å². The van der Waals surface area contributed by atoms with Crippen LogP contribution >= 0.6 is 0 Å². The number of hydrogen-bond acceptors (Lipinski definition) is 2. The highest BCUT2D eigenvalue weighted by Crippen LogP contribution is 2.35. The Labute approximate surface area is 167 Å². The molecule has 0 N–H and O–H groups in total. The van der Waals surface area contributed by atoms with Gasteiger partial charge in [0.1, 0.15) is 0 Å². The van der Waals surface area contributed by atoms with E-state index in [1.165, 1.54) is 51.4 Å². The fourth-order valence-electron chi connectivity index (χ4n) is 4.37. The maximum absolute atomic E-state index is 14.6. The van der Waals surface area contributed by atoms with E-state index in [1.807, 2.05) is 6.92 Å². The van der Waals surface area contributed by atoms with E-state index < -0.39 is 11.6 Å². The van der Waals surface area contributed by atoms with Gasteiger partial charge in [-0.2, -0.15) is 10.2 Å². The standard InChI is InChI=1S/C24H32F2N2/c1-3-4-5-6-18-8-10-19(11-9-18)12-13-20-14-15-21(24(26)23(20)25)22-16-7-17(2)27-28-22/h7,14-16,18-19H,3-6,8-13H2,1-2H3. The van der Waals surface area contributed by atoms with Gasteiger partial charge in [-0.1, -0.05) is 64.4 Å². The molecule has 152 valence electrons. The molecule has 1 aromatic carbocycles. The summed E-state index contributed by atoms with van der Waals surface area (Å²) in [5.41, 5.74) is 1.78. The van der Waals surface area contributed by atoms with Crippen LogP contribution < -0.4 is 0 Å². The SMILES string of the molecule is CCCCCC1CCC(CCc2ccc(-c3ccc(C)nn3)c(F)c2F)CC1. The lowest BCUT2D eigenvalue weighted by molar-refractivity contribution is 0.248. The van der Waals surface area contributed by atoms with Gasteiger partial charge in [0.15, 0.2) is 11.6 Å². The lowest BCUT2D eigenvalue weighted by atomic mass is 9.77. The first-order valence-electron chi connectivity index (χ1n) is 10.9. The van der Waals surface area contributed by atoms with E-state index in [-0.39, 0.29) is 5.56 Å². The molecule has 1 saturated carbocycles. The van der Waals surface area contributed by atoms with E-state index in [0.717, 1.165) is 18.0 Å². The Kier molecular flexibility index (Phi) is 7.52. The second-order valence-electron chi connectivity index (χ2n) is 8.38. The molecule has 2 nitrogen and oxygen atoms in total. The van der Waals surface area contributed by atoms with Crippen molar-refractivity contribution in [2.75, 3.05) is 0 Å². The molecule has 0 spiro atoms. The minimum Gasteiger partial charge on any atom is -0.203 e. The fraction of sp³-hybridized carbons (Fsp3) is 0.583. The average Bonchev–Trinajstić information content (AvgIpc) is 2.71. The first-order valence-corrected chi connectivity index (χ1v) is 10.9. The van der Waals surface area contributed by atoms with E-state index in [2.05, 4.69) is 17.1 Å². The topological polar surface area (TPSA) is 25.8 Å². The maximum atomic E-state index is 14.6. The number of rotatable bonds is 8. The summed E-state index contributed by atoms with van der Waals surface area (Å²) in [6, 6.07) is 6.79. The van der Waals surface area contributed by atoms with Gasteiger partial charge in [-0.15, -0.1) is 0 Å². The second-order valence-corrected chi connectivity index (χ2v) is 8.38. The third kappa shape index (κ3) is 5.36. The predicted molar refractivity (Wildman–Crippen MR) is 110 cm³/mol. The van der Waals surface area contributed by atoms with Crippen LogP contribution in [-0.4, -0.2) is 10.2 Å². The van der Waals surface area contributed by atoms with Crippen molar-refractivity contribution >= 4 is 0 Å². The van der Waals surface area contributed by atoms with Crippen LogP contribution in [0, 0.1) is 30.4 Å². The lowest BCUT2D eigenvalue weighted by Crippen LogP contribution is -2.15. The molecule has 2 aromatic rings. The predicted octanol–water partition coefficient (Wildman–Crippen LogP) is 7.05. The molecule has 0 saturated heterocycles. The molecule has 28 heavy (non-hydrogen) atoms. The van der Waals surface area contributed by atoms with Crippen molar-refractivity contribution in [3.8, 4) is 11.3 Å². The molecule has 0 bridgehead atoms. The van der Waals surface area contributed by atoms with Crippen molar-refractivity contribution in [2.24, 2.45) is 11.8 Å². The van der Waals surface area contributed by atoms with Crippen LogP contribution in [-0.2, 0) is 6.42 Å². The minimum atomic E-state index is -0.810. The van der Waals surface area contributed by atoms with Crippen LogP contribution in [0.1, 0.15) is 76.0 Å². The van der Waals surface area contributed by atoms with Crippen molar-refractivity contribution in [2.45, 2.75) is 78.1 Å². The van der Waals surface area contributed by atoms with E-state index >= 15 is 0 Å². The Balaban J connectivity index is 1.54. The molecular formula is C24H32F2N2. The summed E-state index contributed by atoms with van der Waals surface area (Å²) < 4.78 is 29.2. The van der Waals surface area contributed by atoms with Crippen molar-refractivity contribution in [3.63, 3.8) is 0 Å². The van der Waals surface area contributed by atoms with E-state index in [9.17, 15) is 8.78 Å². The molecule has 4 heteroatoms. The van der Waals surface area contributed by atoms with Gasteiger partial charge in [-0.05, 0) is 55.4 Å². The number of hydrogen-bond donors (Lipinski definition) is 0. The monoisotopic (exact) mass is 386 g/mol. The van der Waals surface area contributed by atoms with E-state index in [4.69, 9.17) is 0 Å². The summed E-state index contributed by atoms with van der Waals surface area (Å²) in [7, 11) is 0. The van der Waals surface area contributed by atoms with Gasteiger partial charge in [0.25, 0.3) is 0 Å². The molecule has 1 heterocycles. The van der Waals surface area contributed by atoms with Gasteiger partial charge in [0.05, 0.1) is 11.4 Å². The molecule has 1 aliphatic carbocycles. The average molecular weight is 387 g/mol. The van der Waals surface area contributed by atoms with Crippen molar-refractivity contribution in [3.05, 3.63) is 47.2 Å². The molecular weight excluding hydrogens is 354 g/mol. The third-order valence-corrected chi connectivity index (χ3v) is 6.24. The molecule has 0 unspecified atom stereocenters. The molecule has 1 aromatic heterocycles. The molecule has 0 amide bonds. The van der Waals surface area contributed by atoms with E-state index in [0.29, 0.717) is 23.6 Å². The first kappa shape index (κ1) is 20.9. The molecule has 1 aliphatic rings. The molecule has 0 radical (unpaired) electrons. The smallest absolute Gasteiger partial charge is 0.168 e. The largest absolute Gasteiger partial charge is 0.203 e. The lowest BCUT2D eigenvalue weighted by Gasteiger charge is -2.28. The van der Waals surface area contributed by atoms with Gasteiger partial charge >= 0.3 is 0 Å². The van der Waals surface area contributed by atoms with Crippen LogP contribution in [0.3, 0.4) is 0 Å². The zero-order valence-electron chi connectivity index (χ0n) is 17.2. The minimum absolute atomic E-state index is 0.182. The number of nitrogens with zero attached hydrogens (tertiary/aromatic N) is 2. The normalized spacial score (nSPS) is 19.7. The quantitative estimate of drug-likeness (QED) is 0.454. The summed E-state index contributed by atoms with van der Waals surface area (Å²) >= 11 is 0. The summed E-state index contributed by atoms with van der Waals surface area (Å²) in [5.74, 6) is -0.0113. The summed E-state index contributed by atoms with van der Waals surface area (Å²) in [4.78, 5) is 0. The second kappa shape index (κ2) is 10.1. The van der Waals surface area contributed by atoms with Gasteiger partial charge in [0.2, 0.25) is 0 Å². The fourth-order valence-corrected chi connectivity index (χ4v) is 4.37. The highest BCUT2D eigenvalue weighted by atomic mass is 19.2. The van der Waals surface area contributed by atoms with Crippen LogP contribution in [0.2, 0.25) is 0 Å². The molecule has 1 fully saturated rings. The van der Waals surface area contributed by atoms with Crippen molar-refractivity contribution in [1.82, 2.24) is 10.2 Å². The Morgan fingerprint density at radius 3 is 2.21 bits per heavy atom. The van der Waals surface area contributed by atoms with Crippen LogP contribution in [0.15, 0.2) is 24.3 Å². The number of unbranched alkanes of at least 4 members (excludes halogenated alkanes) is 2. The zero-order chi connectivity index (χ0) is 19.9. The Morgan fingerprint density at radius 1 is 0.857 bits per heavy atom. The van der Waals surface area contributed by atoms with Gasteiger partial charge < -0.3 is 0 Å². The number of aromatic nitrogens is 2. The Morgan fingerprint density at radius 2 is 1.57 bits per heavy atom. The number of halogens is 2. The summed E-state index contributed by atoms with van der Waals surface area (Å²) in [6.45, 7) is 4.06. The van der Waals surface area contributed by atoms with Crippen LogP contribution in [0.4, 0.5) is 8.78 Å². The summed E-state index contributed by atoms with van der Waals surface area (Å²) in [6.07, 6.45) is 12.0. The molecule has 0 aliphatic heterocycles. The molecule has 0 atom stereocenters. The van der Waals surface area contributed by atoms with Gasteiger partial charge in [-0.25, -0.2) is 8.78 Å². The molecule has 3 rings (SSSR count). The zero-order valence-corrected chi connectivity index (χ0v) is 17.2. The Bertz CT molecular complexity index is 750. The highest BCUT2D eigenvalue weighted by molar-refractivity contribution is 5.60. The third-order valence-electron chi connectivity index (χ3n) is 6.24. The van der Waals surface area contributed by atoms with Crippen LogP contribution in [0.5, 0.6) is 0 Å². The summed E-state index contributed by atoms with van der Waals surface area (Å²) in [5, 5.41) is 7.91. The van der Waals surface area contributed by atoms with Gasteiger partial charge in [0, 0.05) is 5.56 Å². The number of benzene rings is 1. The van der Waals surface area contributed by atoms with Gasteiger partial charge in [-0.3, -0.25) is 0 Å². The van der Waals surface area contributed by atoms with Crippen LogP contribution in [0.25, 0.3) is 11.3 Å². The Hall–Kier alpha value is -1.84. The highest BCUT2D eigenvalue weighted by Gasteiger charge is 2.22. The maximum Gasteiger partial charge on any atom is 0.168 e. The first-order chi connectivity index (χ1) is 13.6. The number of aryl methyl sites for hydroxylation is 2. The van der Waals surface area contributed by atoms with Crippen molar-refractivity contribution in [1.29, 1.82) is 0 Å².